The molecule has 6 rings (SSSR count). The molecular formula is C26H14AlCl7N4. The van der Waals surface area contributed by atoms with Crippen molar-refractivity contribution < 1.29 is 0 Å². The zero-order valence-corrected chi connectivity index (χ0v) is 25.5. The number of nitrogens with one attached hydrogen (secondary N) is 1. The maximum atomic E-state index is 6.93. The van der Waals surface area contributed by atoms with Crippen LogP contribution < -0.4 is 0 Å². The van der Waals surface area contributed by atoms with Gasteiger partial charge in [-0.05, 0) is 54.1 Å². The quantitative estimate of drug-likeness (QED) is 0.182. The van der Waals surface area contributed by atoms with E-state index >= 15 is 0 Å². The minimum absolute atomic E-state index is 0.255. The minimum atomic E-state index is -1.72. The molecule has 0 atom stereocenters. The second kappa shape index (κ2) is 11.9. The van der Waals surface area contributed by atoms with E-state index in [0.29, 0.717) is 32.5 Å². The van der Waals surface area contributed by atoms with Crippen LogP contribution >= 0.6 is 76.7 Å². The van der Waals surface area contributed by atoms with E-state index in [1.807, 2.05) is 72.8 Å². The summed E-state index contributed by atoms with van der Waals surface area (Å²) in [5.41, 5.74) is 7.11. The fourth-order valence-corrected chi connectivity index (χ4v) is 5.53. The summed E-state index contributed by atoms with van der Waals surface area (Å²) in [7, 11) is 14.8. The van der Waals surface area contributed by atoms with Gasteiger partial charge in [-0.1, -0.05) is 65.1 Å². The Kier molecular flexibility index (Phi) is 8.72. The number of nitrogens with zero attached hydrogens (tertiary/aromatic N) is 3. The summed E-state index contributed by atoms with van der Waals surface area (Å²) in [5.74, 6) is 0. The SMILES string of the molecule is ClC1=Cc2cc3ccc(cc4nc(cc5c(-c6ccccc6)c(Cl)c(c(Cl)c1n2)n5Cl)C=C4)[nH]3.[Cl][Al]([Cl])[Cl]. The molecule has 1 aromatic carbocycles. The first-order valence-corrected chi connectivity index (χ1v) is 17.7. The molecule has 0 radical (unpaired) electrons. The second-order valence-corrected chi connectivity index (χ2v) is 16.0. The Balaban J connectivity index is 0.000000689. The van der Waals surface area contributed by atoms with Gasteiger partial charge in [-0.2, -0.15) is 0 Å². The van der Waals surface area contributed by atoms with Crippen molar-refractivity contribution in [2.45, 2.75) is 0 Å². The van der Waals surface area contributed by atoms with Crippen molar-refractivity contribution in [3.63, 3.8) is 0 Å². The number of fused-ring (bicyclic) bond motifs is 8. The average molecular weight is 658 g/mol. The summed E-state index contributed by atoms with van der Waals surface area (Å²) in [4.78, 5) is 12.7. The van der Waals surface area contributed by atoms with Gasteiger partial charge in [-0.3, -0.25) is 0 Å². The molecule has 0 saturated carbocycles. The molecule has 0 saturated heterocycles. The molecule has 0 fully saturated rings. The predicted molar refractivity (Wildman–Crippen MR) is 167 cm³/mol. The van der Waals surface area contributed by atoms with Crippen LogP contribution in [0.5, 0.6) is 0 Å². The van der Waals surface area contributed by atoms with Crippen molar-refractivity contribution in [3.05, 3.63) is 93.5 Å². The molecule has 4 aromatic rings. The summed E-state index contributed by atoms with van der Waals surface area (Å²) in [5, 5.41) is 1.06. The number of benzene rings is 1. The molecule has 2 aliphatic heterocycles. The van der Waals surface area contributed by atoms with Gasteiger partial charge in [-0.15, -0.1) is 0 Å². The third-order valence-corrected chi connectivity index (χ3v) is 6.98. The number of hydrogen-bond donors (Lipinski definition) is 1. The van der Waals surface area contributed by atoms with Crippen molar-refractivity contribution in [1.29, 1.82) is 0 Å². The maximum Gasteiger partial charge on any atom is 0.643 e. The van der Waals surface area contributed by atoms with Crippen LogP contribution in [0.25, 0.3) is 56.5 Å². The van der Waals surface area contributed by atoms with Crippen LogP contribution in [-0.2, 0) is 0 Å². The van der Waals surface area contributed by atoms with Gasteiger partial charge in [0, 0.05) is 28.4 Å². The summed E-state index contributed by atoms with van der Waals surface area (Å²) >= 11 is 25.5. The maximum absolute atomic E-state index is 6.93. The first-order valence-electron chi connectivity index (χ1n) is 11.0. The van der Waals surface area contributed by atoms with Gasteiger partial charge >= 0.3 is 11.4 Å². The molecule has 4 nitrogen and oxygen atoms in total. The number of halogens is 7. The molecular weight excluding hydrogens is 643 g/mol. The van der Waals surface area contributed by atoms with Gasteiger partial charge < -0.3 is 4.98 Å². The highest BCUT2D eigenvalue weighted by atomic mass is 35.8. The number of rotatable bonds is 1. The fourth-order valence-electron chi connectivity index (χ4n) is 4.09. The summed E-state index contributed by atoms with van der Waals surface area (Å²) in [6, 6.07) is 19.5. The zero-order chi connectivity index (χ0) is 27.0. The highest BCUT2D eigenvalue weighted by molar-refractivity contribution is 7.54. The number of aromatic nitrogens is 4. The first-order chi connectivity index (χ1) is 18.2. The van der Waals surface area contributed by atoms with Gasteiger partial charge in [0.25, 0.3) is 0 Å². The van der Waals surface area contributed by atoms with Crippen LogP contribution in [0.2, 0.25) is 10.0 Å². The van der Waals surface area contributed by atoms with E-state index in [2.05, 4.69) is 9.97 Å². The molecule has 1 N–H and O–H groups in total. The van der Waals surface area contributed by atoms with Gasteiger partial charge in [0.05, 0.1) is 43.2 Å². The monoisotopic (exact) mass is 654 g/mol. The van der Waals surface area contributed by atoms with E-state index in [1.165, 1.54) is 4.09 Å². The van der Waals surface area contributed by atoms with Crippen LogP contribution in [0.15, 0.2) is 60.7 Å². The average Bonchev–Trinajstić information content (AvgIpc) is 3.63. The Morgan fingerprint density at radius 3 is 2.00 bits per heavy atom. The number of aromatic amines is 1. The van der Waals surface area contributed by atoms with Crippen molar-refractivity contribution in [2.24, 2.45) is 0 Å². The third kappa shape index (κ3) is 5.93. The van der Waals surface area contributed by atoms with E-state index in [9.17, 15) is 0 Å². The molecule has 0 amide bonds. The minimum Gasteiger partial charge on any atom is -0.355 e. The lowest BCUT2D eigenvalue weighted by atomic mass is 10.1. The Morgan fingerprint density at radius 1 is 0.737 bits per heavy atom. The molecule has 2 aliphatic rings. The highest BCUT2D eigenvalue weighted by Crippen LogP contribution is 2.43. The Morgan fingerprint density at radius 2 is 1.34 bits per heavy atom. The van der Waals surface area contributed by atoms with Crippen molar-refractivity contribution in [3.8, 4) is 11.1 Å². The smallest absolute Gasteiger partial charge is 0.355 e. The van der Waals surface area contributed by atoms with Gasteiger partial charge in [0.15, 0.2) is 0 Å². The lowest BCUT2D eigenvalue weighted by Gasteiger charge is -2.00. The second-order valence-electron chi connectivity index (χ2n) is 8.11. The van der Waals surface area contributed by atoms with E-state index in [4.69, 9.17) is 81.7 Å². The van der Waals surface area contributed by atoms with Crippen LogP contribution in [0, 0.1) is 0 Å². The van der Waals surface area contributed by atoms with E-state index in [0.717, 1.165) is 33.5 Å². The van der Waals surface area contributed by atoms with Crippen molar-refractivity contribution >= 4 is 133 Å². The first kappa shape index (κ1) is 27.9. The molecule has 0 aliphatic carbocycles. The summed E-state index contributed by atoms with van der Waals surface area (Å²) < 4.78 is 1.45. The molecule has 5 heterocycles. The van der Waals surface area contributed by atoms with Crippen molar-refractivity contribution in [2.75, 3.05) is 0 Å². The highest BCUT2D eigenvalue weighted by Gasteiger charge is 2.22. The molecule has 0 unspecified atom stereocenters. The van der Waals surface area contributed by atoms with Gasteiger partial charge in [0.1, 0.15) is 5.69 Å². The van der Waals surface area contributed by atoms with Crippen LogP contribution in [0.1, 0.15) is 22.8 Å². The lowest BCUT2D eigenvalue weighted by Crippen LogP contribution is -1.85. The number of hydrogen-bond acceptors (Lipinski definition) is 2. The van der Waals surface area contributed by atoms with Crippen LogP contribution in [0.4, 0.5) is 0 Å². The predicted octanol–water partition coefficient (Wildman–Crippen LogP) is 10.4. The fraction of sp³-hybridized carbons (Fsp3) is 0. The molecule has 38 heavy (non-hydrogen) atoms. The Labute approximate surface area is 255 Å². The van der Waals surface area contributed by atoms with Gasteiger partial charge in [0.2, 0.25) is 0 Å². The Hall–Kier alpha value is -1.62. The Bertz CT molecular complexity index is 1760. The number of H-pyrrole nitrogens is 1. The van der Waals surface area contributed by atoms with E-state index < -0.39 is 11.4 Å². The zero-order valence-electron chi connectivity index (χ0n) is 19.1. The van der Waals surface area contributed by atoms with E-state index in [-0.39, 0.29) is 5.02 Å². The lowest BCUT2D eigenvalue weighted by molar-refractivity contribution is 1.30. The van der Waals surface area contributed by atoms with Crippen LogP contribution in [-0.4, -0.2) is 30.4 Å². The van der Waals surface area contributed by atoms with Crippen LogP contribution in [0.3, 0.4) is 0 Å². The van der Waals surface area contributed by atoms with E-state index in [1.54, 1.807) is 6.08 Å². The van der Waals surface area contributed by atoms with Crippen molar-refractivity contribution in [1.82, 2.24) is 19.0 Å². The molecule has 12 heteroatoms. The largest absolute Gasteiger partial charge is 0.643 e. The molecule has 0 spiro atoms. The third-order valence-electron chi connectivity index (χ3n) is 5.62. The normalized spacial score (nSPS) is 12.1. The standard InChI is InChI=1S/C26H14Cl4N4.Al.3ClH/c27-20-12-19-11-17-7-6-15(31-17)10-16-8-9-18(32-16)13-21-22(14-4-2-1-3-5-14)23(28)26(34(21)30)24(29)25(20)33-19;;;;/h1-13,31H;;3*1H/q;+3;;;/p-3. The molecule has 3 aromatic heterocycles. The topological polar surface area (TPSA) is 46.5 Å². The molecule has 8 bridgehead atoms. The summed E-state index contributed by atoms with van der Waals surface area (Å²) in [6.07, 6.45) is 5.63. The summed E-state index contributed by atoms with van der Waals surface area (Å²) in [6.45, 7) is 0. The van der Waals surface area contributed by atoms with Gasteiger partial charge in [-0.25, -0.2) is 44.2 Å². The molecule has 190 valence electrons.